The Morgan fingerprint density at radius 3 is 2.64 bits per heavy atom. The van der Waals surface area contributed by atoms with Crippen LogP contribution in [0.2, 0.25) is 0 Å². The molecule has 0 atom stereocenters. The monoisotopic (exact) mass is 187 g/mol. The van der Waals surface area contributed by atoms with E-state index in [0.717, 1.165) is 5.69 Å². The van der Waals surface area contributed by atoms with Crippen molar-refractivity contribution in [2.24, 2.45) is 0 Å². The average Bonchev–Trinajstić information content (AvgIpc) is 2.21. The van der Waals surface area contributed by atoms with E-state index in [1.165, 1.54) is 44.1 Å². The van der Waals surface area contributed by atoms with Gasteiger partial charge in [0.15, 0.2) is 0 Å². The van der Waals surface area contributed by atoms with Crippen LogP contribution in [-0.4, -0.2) is 0 Å². The third kappa shape index (κ3) is 0.956. The van der Waals surface area contributed by atoms with Crippen LogP contribution in [0.4, 0.5) is 5.69 Å². The third-order valence-corrected chi connectivity index (χ3v) is 4.11. The van der Waals surface area contributed by atoms with Gasteiger partial charge in [-0.05, 0) is 41.9 Å². The molecule has 1 spiro atoms. The minimum atomic E-state index is 0.545. The summed E-state index contributed by atoms with van der Waals surface area (Å²) in [6, 6.07) is 6.44. The van der Waals surface area contributed by atoms with Crippen LogP contribution in [0, 0.1) is 0 Å². The van der Waals surface area contributed by atoms with Crippen molar-refractivity contribution >= 4 is 5.69 Å². The lowest BCUT2D eigenvalue weighted by molar-refractivity contribution is 0.257. The van der Waals surface area contributed by atoms with E-state index in [2.05, 4.69) is 12.1 Å². The second-order valence-electron chi connectivity index (χ2n) is 4.89. The summed E-state index contributed by atoms with van der Waals surface area (Å²) in [6.45, 7) is 0. The Labute approximate surface area is 85.3 Å². The Morgan fingerprint density at radius 1 is 1.07 bits per heavy atom. The Hall–Kier alpha value is -0.980. The SMILES string of the molecule is Nc1cccc2c1CC21CCCCC1. The third-order valence-electron chi connectivity index (χ3n) is 4.11. The number of anilines is 1. The van der Waals surface area contributed by atoms with Crippen LogP contribution in [0.25, 0.3) is 0 Å². The highest BCUT2D eigenvalue weighted by Crippen LogP contribution is 2.52. The Bertz CT molecular complexity index is 361. The molecule has 1 heteroatoms. The average molecular weight is 187 g/mol. The normalized spacial score (nSPS) is 22.9. The van der Waals surface area contributed by atoms with Gasteiger partial charge in [0.2, 0.25) is 0 Å². The molecule has 0 aromatic heterocycles. The molecule has 1 nitrogen and oxygen atoms in total. The molecule has 1 fully saturated rings. The van der Waals surface area contributed by atoms with Gasteiger partial charge in [0.1, 0.15) is 0 Å². The van der Waals surface area contributed by atoms with Gasteiger partial charge < -0.3 is 5.73 Å². The minimum absolute atomic E-state index is 0.545. The fraction of sp³-hybridized carbons (Fsp3) is 0.538. The van der Waals surface area contributed by atoms with Crippen molar-refractivity contribution < 1.29 is 0 Å². The van der Waals surface area contributed by atoms with Crippen LogP contribution < -0.4 is 5.73 Å². The van der Waals surface area contributed by atoms with Crippen LogP contribution in [-0.2, 0) is 11.8 Å². The molecule has 0 amide bonds. The van der Waals surface area contributed by atoms with E-state index < -0.39 is 0 Å². The summed E-state index contributed by atoms with van der Waals surface area (Å²) >= 11 is 0. The predicted molar refractivity (Wildman–Crippen MR) is 59.3 cm³/mol. The zero-order chi connectivity index (χ0) is 9.60. The van der Waals surface area contributed by atoms with Gasteiger partial charge in [0.25, 0.3) is 0 Å². The van der Waals surface area contributed by atoms with Crippen LogP contribution in [0.3, 0.4) is 0 Å². The summed E-state index contributed by atoms with van der Waals surface area (Å²) in [4.78, 5) is 0. The lowest BCUT2D eigenvalue weighted by atomic mass is 9.57. The first-order chi connectivity index (χ1) is 6.82. The molecule has 1 aromatic rings. The number of hydrogen-bond acceptors (Lipinski definition) is 1. The zero-order valence-electron chi connectivity index (χ0n) is 8.55. The molecule has 1 saturated carbocycles. The van der Waals surface area contributed by atoms with Crippen molar-refractivity contribution in [1.82, 2.24) is 0 Å². The molecule has 2 aliphatic carbocycles. The molecular formula is C13H17N. The first kappa shape index (κ1) is 8.34. The standard InChI is InChI=1S/C13H17N/c14-12-6-4-5-11-10(12)9-13(11)7-2-1-3-8-13/h4-6H,1-3,7-9,14H2. The number of nitrogen functional groups attached to an aromatic ring is 1. The van der Waals surface area contributed by atoms with Gasteiger partial charge in [-0.1, -0.05) is 31.4 Å². The maximum absolute atomic E-state index is 5.96. The summed E-state index contributed by atoms with van der Waals surface area (Å²) in [7, 11) is 0. The zero-order valence-corrected chi connectivity index (χ0v) is 8.55. The second kappa shape index (κ2) is 2.75. The molecular weight excluding hydrogens is 170 g/mol. The lowest BCUT2D eigenvalue weighted by Crippen LogP contribution is -2.41. The molecule has 74 valence electrons. The van der Waals surface area contributed by atoms with Gasteiger partial charge in [0.05, 0.1) is 0 Å². The highest BCUT2D eigenvalue weighted by Gasteiger charge is 2.43. The summed E-state index contributed by atoms with van der Waals surface area (Å²) in [5.74, 6) is 0. The largest absolute Gasteiger partial charge is 0.398 e. The highest BCUT2D eigenvalue weighted by atomic mass is 14.6. The fourth-order valence-electron chi connectivity index (χ4n) is 3.30. The van der Waals surface area contributed by atoms with Gasteiger partial charge in [-0.3, -0.25) is 0 Å². The summed E-state index contributed by atoms with van der Waals surface area (Å²) < 4.78 is 0. The molecule has 3 rings (SSSR count). The Kier molecular flexibility index (Phi) is 1.64. The molecule has 1 aromatic carbocycles. The van der Waals surface area contributed by atoms with E-state index in [1.807, 2.05) is 6.07 Å². The maximum Gasteiger partial charge on any atom is 0.0349 e. The molecule has 14 heavy (non-hydrogen) atoms. The van der Waals surface area contributed by atoms with Crippen LogP contribution in [0.1, 0.15) is 43.2 Å². The number of benzene rings is 1. The number of nitrogens with two attached hydrogens (primary N) is 1. The fourth-order valence-corrected chi connectivity index (χ4v) is 3.30. The first-order valence-electron chi connectivity index (χ1n) is 5.70. The second-order valence-corrected chi connectivity index (χ2v) is 4.89. The smallest absolute Gasteiger partial charge is 0.0349 e. The van der Waals surface area contributed by atoms with Gasteiger partial charge in [-0.2, -0.15) is 0 Å². The Balaban J connectivity index is 2.01. The molecule has 0 saturated heterocycles. The van der Waals surface area contributed by atoms with E-state index in [1.54, 1.807) is 5.56 Å². The first-order valence-corrected chi connectivity index (χ1v) is 5.70. The van der Waals surface area contributed by atoms with E-state index in [4.69, 9.17) is 5.73 Å². The van der Waals surface area contributed by atoms with Crippen molar-refractivity contribution in [3.05, 3.63) is 29.3 Å². The Morgan fingerprint density at radius 2 is 1.86 bits per heavy atom. The number of rotatable bonds is 0. The number of hydrogen-bond donors (Lipinski definition) is 1. The minimum Gasteiger partial charge on any atom is -0.398 e. The molecule has 2 N–H and O–H groups in total. The molecule has 2 aliphatic rings. The van der Waals surface area contributed by atoms with Crippen LogP contribution >= 0.6 is 0 Å². The predicted octanol–water partition coefficient (Wildman–Crippen LogP) is 3.03. The maximum atomic E-state index is 5.96. The highest BCUT2D eigenvalue weighted by molar-refractivity contribution is 5.60. The van der Waals surface area contributed by atoms with Gasteiger partial charge in [-0.25, -0.2) is 0 Å². The topological polar surface area (TPSA) is 26.0 Å². The number of fused-ring (bicyclic) bond motifs is 2. The summed E-state index contributed by atoms with van der Waals surface area (Å²) in [6.07, 6.45) is 8.28. The molecule has 0 bridgehead atoms. The van der Waals surface area contributed by atoms with E-state index in [9.17, 15) is 0 Å². The molecule has 0 unspecified atom stereocenters. The van der Waals surface area contributed by atoms with Crippen molar-refractivity contribution in [2.75, 3.05) is 5.73 Å². The molecule has 0 aliphatic heterocycles. The van der Waals surface area contributed by atoms with Gasteiger partial charge in [-0.15, -0.1) is 0 Å². The summed E-state index contributed by atoms with van der Waals surface area (Å²) in [5.41, 5.74) is 10.5. The van der Waals surface area contributed by atoms with Crippen molar-refractivity contribution in [2.45, 2.75) is 43.9 Å². The van der Waals surface area contributed by atoms with Crippen LogP contribution in [0.15, 0.2) is 18.2 Å². The molecule has 0 radical (unpaired) electrons. The van der Waals surface area contributed by atoms with Crippen molar-refractivity contribution in [1.29, 1.82) is 0 Å². The lowest BCUT2D eigenvalue weighted by Gasteiger charge is -2.47. The van der Waals surface area contributed by atoms with Crippen molar-refractivity contribution in [3.63, 3.8) is 0 Å². The van der Waals surface area contributed by atoms with Gasteiger partial charge in [0, 0.05) is 5.69 Å². The quantitative estimate of drug-likeness (QED) is 0.621. The van der Waals surface area contributed by atoms with Gasteiger partial charge >= 0.3 is 0 Å². The van der Waals surface area contributed by atoms with Crippen LogP contribution in [0.5, 0.6) is 0 Å². The van der Waals surface area contributed by atoms with E-state index >= 15 is 0 Å². The molecule has 0 heterocycles. The van der Waals surface area contributed by atoms with Crippen molar-refractivity contribution in [3.8, 4) is 0 Å². The van der Waals surface area contributed by atoms with E-state index in [0.29, 0.717) is 5.41 Å². The van der Waals surface area contributed by atoms with E-state index in [-0.39, 0.29) is 0 Å². The summed E-state index contributed by atoms with van der Waals surface area (Å²) in [5, 5.41) is 0.